The highest BCUT2D eigenvalue weighted by atomic mass is 32.2. The Labute approximate surface area is 96.4 Å². The molecule has 1 aromatic rings. The smallest absolute Gasteiger partial charge is 0.247 e. The Kier molecular flexibility index (Phi) is 3.05. The van der Waals surface area contributed by atoms with E-state index in [2.05, 4.69) is 5.32 Å². The van der Waals surface area contributed by atoms with Gasteiger partial charge >= 0.3 is 0 Å². The number of carbonyl (C=O) groups excluding carboxylic acids is 3. The Bertz CT molecular complexity index is 444. The molecule has 0 aliphatic carbocycles. The largest absolute Gasteiger partial charge is 0.294 e. The minimum Gasteiger partial charge on any atom is -0.294 e. The average Bonchev–Trinajstić information content (AvgIpc) is 2.29. The fourth-order valence-electron chi connectivity index (χ4n) is 1.42. The Balaban J connectivity index is 2.17. The molecule has 1 saturated heterocycles. The number of Topliss-reactive ketones (excluding diaryl/α,β-unsaturated/α-hetero) is 1. The highest BCUT2D eigenvalue weighted by Crippen LogP contribution is 2.19. The third kappa shape index (κ3) is 2.14. The Morgan fingerprint density at radius 3 is 2.56 bits per heavy atom. The summed E-state index contributed by atoms with van der Waals surface area (Å²) in [5.41, 5.74) is 0.490. The highest BCUT2D eigenvalue weighted by molar-refractivity contribution is 8.02. The Hall–Kier alpha value is -1.62. The van der Waals surface area contributed by atoms with Gasteiger partial charge in [0.2, 0.25) is 11.8 Å². The molecular formula is C11H9NO3S. The zero-order valence-corrected chi connectivity index (χ0v) is 9.12. The van der Waals surface area contributed by atoms with Gasteiger partial charge in [-0.1, -0.05) is 30.3 Å². The van der Waals surface area contributed by atoms with Gasteiger partial charge < -0.3 is 0 Å². The normalized spacial score (nSPS) is 20.4. The van der Waals surface area contributed by atoms with Crippen LogP contribution in [-0.4, -0.2) is 28.6 Å². The maximum Gasteiger partial charge on any atom is 0.247 e. The van der Waals surface area contributed by atoms with Gasteiger partial charge in [0.1, 0.15) is 5.25 Å². The van der Waals surface area contributed by atoms with Gasteiger partial charge in [0.05, 0.1) is 5.75 Å². The van der Waals surface area contributed by atoms with Gasteiger partial charge in [-0.05, 0) is 0 Å². The van der Waals surface area contributed by atoms with Crippen molar-refractivity contribution in [1.29, 1.82) is 0 Å². The topological polar surface area (TPSA) is 63.2 Å². The molecule has 2 rings (SSSR count). The molecule has 1 aromatic carbocycles. The van der Waals surface area contributed by atoms with Crippen molar-refractivity contribution < 1.29 is 14.4 Å². The summed E-state index contributed by atoms with van der Waals surface area (Å²) < 4.78 is 0. The van der Waals surface area contributed by atoms with Crippen molar-refractivity contribution in [3.8, 4) is 0 Å². The molecule has 0 radical (unpaired) electrons. The lowest BCUT2D eigenvalue weighted by Gasteiger charge is -2.19. The van der Waals surface area contributed by atoms with E-state index in [1.165, 1.54) is 0 Å². The van der Waals surface area contributed by atoms with E-state index in [0.717, 1.165) is 11.8 Å². The van der Waals surface area contributed by atoms with Crippen molar-refractivity contribution in [3.05, 3.63) is 35.9 Å². The molecule has 16 heavy (non-hydrogen) atoms. The van der Waals surface area contributed by atoms with E-state index in [4.69, 9.17) is 0 Å². The van der Waals surface area contributed by atoms with Gasteiger partial charge in [-0.15, -0.1) is 11.8 Å². The van der Waals surface area contributed by atoms with Crippen molar-refractivity contribution in [2.45, 2.75) is 5.25 Å². The summed E-state index contributed by atoms with van der Waals surface area (Å²) in [5, 5.41) is 1.36. The van der Waals surface area contributed by atoms with Crippen LogP contribution in [-0.2, 0) is 9.59 Å². The molecule has 0 bridgehead atoms. The van der Waals surface area contributed by atoms with Gasteiger partial charge in [0.25, 0.3) is 0 Å². The number of carbonyl (C=O) groups is 3. The predicted octanol–water partition coefficient (Wildman–Crippen LogP) is 0.627. The van der Waals surface area contributed by atoms with E-state index in [1.54, 1.807) is 30.3 Å². The molecule has 0 spiro atoms. The van der Waals surface area contributed by atoms with Crippen LogP contribution in [0, 0.1) is 0 Å². The molecule has 2 amide bonds. The fourth-order valence-corrected chi connectivity index (χ4v) is 2.31. The van der Waals surface area contributed by atoms with Crippen molar-refractivity contribution in [2.75, 3.05) is 5.75 Å². The van der Waals surface area contributed by atoms with Gasteiger partial charge in [-0.25, -0.2) is 0 Å². The van der Waals surface area contributed by atoms with Crippen LogP contribution < -0.4 is 5.32 Å². The van der Waals surface area contributed by atoms with Crippen LogP contribution in [0.3, 0.4) is 0 Å². The van der Waals surface area contributed by atoms with Crippen molar-refractivity contribution in [3.63, 3.8) is 0 Å². The molecule has 4 nitrogen and oxygen atoms in total. The van der Waals surface area contributed by atoms with Gasteiger partial charge in [0, 0.05) is 5.56 Å². The number of amides is 2. The SMILES string of the molecule is O=C1CSC(C(=O)c2ccccc2)C(=O)N1. The number of hydrogen-bond acceptors (Lipinski definition) is 4. The first-order chi connectivity index (χ1) is 7.68. The molecule has 1 aliphatic rings. The maximum atomic E-state index is 11.9. The van der Waals surface area contributed by atoms with E-state index in [1.807, 2.05) is 0 Å². The van der Waals surface area contributed by atoms with E-state index in [0.29, 0.717) is 5.56 Å². The molecule has 1 aliphatic heterocycles. The first kappa shape index (κ1) is 10.9. The molecule has 1 unspecified atom stereocenters. The monoisotopic (exact) mass is 235 g/mol. The van der Waals surface area contributed by atoms with Crippen molar-refractivity contribution >= 4 is 29.4 Å². The molecule has 1 atom stereocenters. The summed E-state index contributed by atoms with van der Waals surface area (Å²) in [6, 6.07) is 8.60. The molecule has 82 valence electrons. The lowest BCUT2D eigenvalue weighted by Crippen LogP contribution is -2.46. The standard InChI is InChI=1S/C11H9NO3S/c13-8-6-16-10(11(15)12-8)9(14)7-4-2-1-3-5-7/h1-5,10H,6H2,(H,12,13,15). The first-order valence-electron chi connectivity index (χ1n) is 4.73. The zero-order valence-electron chi connectivity index (χ0n) is 8.30. The lowest BCUT2D eigenvalue weighted by molar-refractivity contribution is -0.128. The zero-order chi connectivity index (χ0) is 11.5. The molecule has 5 heteroatoms. The van der Waals surface area contributed by atoms with Gasteiger partial charge in [-0.3, -0.25) is 19.7 Å². The van der Waals surface area contributed by atoms with Crippen LogP contribution in [0.2, 0.25) is 0 Å². The van der Waals surface area contributed by atoms with Crippen molar-refractivity contribution in [2.24, 2.45) is 0 Å². The number of imide groups is 1. The second kappa shape index (κ2) is 4.49. The summed E-state index contributed by atoms with van der Waals surface area (Å²) in [6.45, 7) is 0. The van der Waals surface area contributed by atoms with E-state index in [9.17, 15) is 14.4 Å². The third-order valence-electron chi connectivity index (χ3n) is 2.18. The van der Waals surface area contributed by atoms with Gasteiger partial charge in [-0.2, -0.15) is 0 Å². The summed E-state index contributed by atoms with van der Waals surface area (Å²) >= 11 is 1.07. The summed E-state index contributed by atoms with van der Waals surface area (Å²) in [6.07, 6.45) is 0. The van der Waals surface area contributed by atoms with Crippen molar-refractivity contribution in [1.82, 2.24) is 5.32 Å². The lowest BCUT2D eigenvalue weighted by atomic mass is 10.1. The number of thioether (sulfide) groups is 1. The van der Waals surface area contributed by atoms with Crippen LogP contribution >= 0.6 is 11.8 Å². The number of hydrogen-bond donors (Lipinski definition) is 1. The summed E-state index contributed by atoms with van der Waals surface area (Å²) in [5.74, 6) is -0.965. The number of ketones is 1. The maximum absolute atomic E-state index is 11.9. The summed E-state index contributed by atoms with van der Waals surface area (Å²) in [4.78, 5) is 34.3. The first-order valence-corrected chi connectivity index (χ1v) is 5.78. The van der Waals surface area contributed by atoms with Gasteiger partial charge in [0.15, 0.2) is 5.78 Å². The second-order valence-corrected chi connectivity index (χ2v) is 4.43. The van der Waals surface area contributed by atoms with Crippen LogP contribution in [0.25, 0.3) is 0 Å². The fraction of sp³-hybridized carbons (Fsp3) is 0.182. The minimum atomic E-state index is -0.805. The second-order valence-electron chi connectivity index (χ2n) is 3.33. The molecule has 1 heterocycles. The molecule has 0 saturated carbocycles. The van der Waals surface area contributed by atoms with Crippen LogP contribution in [0.1, 0.15) is 10.4 Å². The molecular weight excluding hydrogens is 226 g/mol. The number of benzene rings is 1. The number of nitrogens with one attached hydrogen (secondary N) is 1. The van der Waals surface area contributed by atoms with Crippen LogP contribution in [0.5, 0.6) is 0 Å². The third-order valence-corrected chi connectivity index (χ3v) is 3.37. The van der Waals surface area contributed by atoms with E-state index < -0.39 is 11.2 Å². The number of rotatable bonds is 2. The molecule has 1 N–H and O–H groups in total. The quantitative estimate of drug-likeness (QED) is 0.464. The minimum absolute atomic E-state index is 0.148. The average molecular weight is 235 g/mol. The van der Waals surface area contributed by atoms with E-state index >= 15 is 0 Å². The van der Waals surface area contributed by atoms with Crippen LogP contribution in [0.15, 0.2) is 30.3 Å². The Morgan fingerprint density at radius 2 is 1.94 bits per heavy atom. The molecule has 0 aromatic heterocycles. The molecule has 1 fully saturated rings. The van der Waals surface area contributed by atoms with Crippen LogP contribution in [0.4, 0.5) is 0 Å². The summed E-state index contributed by atoms with van der Waals surface area (Å²) in [7, 11) is 0. The highest BCUT2D eigenvalue weighted by Gasteiger charge is 2.33. The predicted molar refractivity (Wildman–Crippen MR) is 60.2 cm³/mol. The van der Waals surface area contributed by atoms with E-state index in [-0.39, 0.29) is 17.4 Å². The Morgan fingerprint density at radius 1 is 1.25 bits per heavy atom.